The summed E-state index contributed by atoms with van der Waals surface area (Å²) in [6.07, 6.45) is -0.250. The standard InChI is InChI=1S/C7H15N2O/c1-9(2,3)6-7(10)4-5-8/h7,10H,4,6H2,1-3H3/q+1/t7-/m0/s1. The Morgan fingerprint density at radius 3 is 2.30 bits per heavy atom. The van der Waals surface area contributed by atoms with Crippen molar-refractivity contribution in [3.8, 4) is 6.07 Å². The van der Waals surface area contributed by atoms with Crippen LogP contribution >= 0.6 is 0 Å². The number of aliphatic hydroxyl groups is 1. The van der Waals surface area contributed by atoms with Crippen molar-refractivity contribution in [2.75, 3.05) is 27.7 Å². The maximum atomic E-state index is 9.15. The Hall–Kier alpha value is -0.590. The van der Waals surface area contributed by atoms with Gasteiger partial charge in [-0.05, 0) is 0 Å². The van der Waals surface area contributed by atoms with Crippen molar-refractivity contribution >= 4 is 0 Å². The van der Waals surface area contributed by atoms with Gasteiger partial charge in [0.25, 0.3) is 0 Å². The van der Waals surface area contributed by atoms with Gasteiger partial charge >= 0.3 is 0 Å². The fraction of sp³-hybridized carbons (Fsp3) is 0.857. The molecule has 1 atom stereocenters. The molecule has 0 aromatic rings. The van der Waals surface area contributed by atoms with E-state index in [1.807, 2.05) is 27.2 Å². The maximum absolute atomic E-state index is 9.15. The lowest BCUT2D eigenvalue weighted by atomic mass is 10.2. The van der Waals surface area contributed by atoms with E-state index in [0.717, 1.165) is 0 Å². The van der Waals surface area contributed by atoms with E-state index in [1.54, 1.807) is 0 Å². The van der Waals surface area contributed by atoms with Gasteiger partial charge in [0, 0.05) is 0 Å². The number of nitrogens with zero attached hydrogens (tertiary/aromatic N) is 2. The van der Waals surface area contributed by atoms with Crippen molar-refractivity contribution < 1.29 is 9.59 Å². The molecule has 1 N–H and O–H groups in total. The first-order valence-electron chi connectivity index (χ1n) is 3.31. The van der Waals surface area contributed by atoms with Crippen molar-refractivity contribution in [3.63, 3.8) is 0 Å². The highest BCUT2D eigenvalue weighted by atomic mass is 16.3. The van der Waals surface area contributed by atoms with Gasteiger partial charge in [0.15, 0.2) is 0 Å². The molecule has 0 bridgehead atoms. The summed E-state index contributed by atoms with van der Waals surface area (Å²) in [5.74, 6) is 0. The third kappa shape index (κ3) is 5.54. The average Bonchev–Trinajstić information content (AvgIpc) is 1.59. The Labute approximate surface area is 62.1 Å². The van der Waals surface area contributed by atoms with E-state index in [4.69, 9.17) is 10.4 Å². The molecule has 0 aromatic heterocycles. The van der Waals surface area contributed by atoms with Crippen LogP contribution in [0.5, 0.6) is 0 Å². The molecule has 0 unspecified atom stereocenters. The molecule has 0 rings (SSSR count). The van der Waals surface area contributed by atoms with Crippen LogP contribution in [0.25, 0.3) is 0 Å². The third-order valence-electron chi connectivity index (χ3n) is 1.09. The number of aliphatic hydroxyl groups excluding tert-OH is 1. The van der Waals surface area contributed by atoms with Crippen LogP contribution in [0.2, 0.25) is 0 Å². The van der Waals surface area contributed by atoms with Gasteiger partial charge in [-0.2, -0.15) is 5.26 Å². The summed E-state index contributed by atoms with van der Waals surface area (Å²) in [5.41, 5.74) is 0. The second kappa shape index (κ2) is 3.55. The summed E-state index contributed by atoms with van der Waals surface area (Å²) in [6, 6.07) is 1.93. The fourth-order valence-corrected chi connectivity index (χ4v) is 0.802. The molecule has 0 saturated carbocycles. The Morgan fingerprint density at radius 1 is 1.50 bits per heavy atom. The van der Waals surface area contributed by atoms with Crippen LogP contribution in [0.4, 0.5) is 0 Å². The van der Waals surface area contributed by atoms with Crippen LogP contribution in [-0.2, 0) is 0 Å². The predicted octanol–water partition coefficient (Wildman–Crippen LogP) is -0.0328. The average molecular weight is 143 g/mol. The molecular weight excluding hydrogens is 128 g/mol. The normalized spacial score (nSPS) is 14.3. The van der Waals surface area contributed by atoms with Crippen molar-refractivity contribution in [3.05, 3.63) is 0 Å². The van der Waals surface area contributed by atoms with Gasteiger partial charge in [-0.15, -0.1) is 0 Å². The molecule has 0 heterocycles. The monoisotopic (exact) mass is 143 g/mol. The zero-order valence-electron chi connectivity index (χ0n) is 6.83. The third-order valence-corrected chi connectivity index (χ3v) is 1.09. The lowest BCUT2D eigenvalue weighted by Crippen LogP contribution is -2.41. The van der Waals surface area contributed by atoms with Crippen LogP contribution in [0.3, 0.4) is 0 Å². The van der Waals surface area contributed by atoms with Gasteiger partial charge in [-0.1, -0.05) is 0 Å². The molecule has 0 aromatic carbocycles. The summed E-state index contributed by atoms with van der Waals surface area (Å²) in [7, 11) is 5.96. The van der Waals surface area contributed by atoms with Gasteiger partial charge in [-0.25, -0.2) is 0 Å². The summed E-state index contributed by atoms with van der Waals surface area (Å²) < 4.78 is 0.697. The highest BCUT2D eigenvalue weighted by Gasteiger charge is 2.14. The topological polar surface area (TPSA) is 44.0 Å². The van der Waals surface area contributed by atoms with Gasteiger partial charge in [0.05, 0.1) is 33.6 Å². The number of hydrogen-bond acceptors (Lipinski definition) is 2. The molecule has 3 heteroatoms. The first kappa shape index (κ1) is 9.41. The summed E-state index contributed by atoms with van der Waals surface area (Å²) in [5, 5.41) is 17.4. The molecule has 0 fully saturated rings. The first-order valence-corrected chi connectivity index (χ1v) is 3.31. The van der Waals surface area contributed by atoms with Gasteiger partial charge in [0.2, 0.25) is 0 Å². The van der Waals surface area contributed by atoms with E-state index >= 15 is 0 Å². The highest BCUT2D eigenvalue weighted by molar-refractivity contribution is 4.74. The van der Waals surface area contributed by atoms with Crippen molar-refractivity contribution in [2.45, 2.75) is 12.5 Å². The lowest BCUT2D eigenvalue weighted by molar-refractivity contribution is -0.873. The molecule has 3 nitrogen and oxygen atoms in total. The smallest absolute Gasteiger partial charge is 0.116 e. The SMILES string of the molecule is C[N+](C)(C)C[C@@H](O)CC#N. The molecule has 0 aliphatic carbocycles. The number of likely N-dealkylation sites (N-methyl/N-ethyl adjacent to an activating group) is 1. The maximum Gasteiger partial charge on any atom is 0.116 e. The van der Waals surface area contributed by atoms with Crippen LogP contribution in [0.1, 0.15) is 6.42 Å². The summed E-state index contributed by atoms with van der Waals surface area (Å²) in [4.78, 5) is 0. The number of rotatable bonds is 3. The predicted molar refractivity (Wildman–Crippen MR) is 39.1 cm³/mol. The number of hydrogen-bond donors (Lipinski definition) is 1. The van der Waals surface area contributed by atoms with E-state index in [-0.39, 0.29) is 6.42 Å². The van der Waals surface area contributed by atoms with Crippen molar-refractivity contribution in [2.24, 2.45) is 0 Å². The molecular formula is C7H15N2O+. The minimum Gasteiger partial charge on any atom is -0.386 e. The van der Waals surface area contributed by atoms with Crippen LogP contribution in [-0.4, -0.2) is 43.4 Å². The van der Waals surface area contributed by atoms with Crippen molar-refractivity contribution in [1.29, 1.82) is 5.26 Å². The second-order valence-corrected chi connectivity index (χ2v) is 3.49. The van der Waals surface area contributed by atoms with Crippen LogP contribution < -0.4 is 0 Å². The van der Waals surface area contributed by atoms with Gasteiger partial charge in [-0.3, -0.25) is 0 Å². The van der Waals surface area contributed by atoms with E-state index < -0.39 is 6.10 Å². The quantitative estimate of drug-likeness (QED) is 0.564. The molecule has 0 amide bonds. The molecule has 10 heavy (non-hydrogen) atoms. The molecule has 0 radical (unpaired) electrons. The lowest BCUT2D eigenvalue weighted by Gasteiger charge is -2.25. The molecule has 0 saturated heterocycles. The Morgan fingerprint density at radius 2 is 2.00 bits per heavy atom. The molecule has 0 spiro atoms. The summed E-state index contributed by atoms with van der Waals surface area (Å²) in [6.45, 7) is 0.633. The zero-order chi connectivity index (χ0) is 8.20. The zero-order valence-corrected chi connectivity index (χ0v) is 6.83. The van der Waals surface area contributed by atoms with E-state index in [0.29, 0.717) is 11.0 Å². The molecule has 0 aliphatic rings. The van der Waals surface area contributed by atoms with Crippen LogP contribution in [0.15, 0.2) is 0 Å². The Balaban J connectivity index is 3.60. The Bertz CT molecular complexity index is 132. The highest BCUT2D eigenvalue weighted by Crippen LogP contribution is 1.97. The Kier molecular flexibility index (Phi) is 3.34. The van der Waals surface area contributed by atoms with Crippen molar-refractivity contribution in [1.82, 2.24) is 0 Å². The minimum atomic E-state index is -0.481. The number of quaternary nitrogens is 1. The minimum absolute atomic E-state index is 0.232. The first-order chi connectivity index (χ1) is 4.45. The van der Waals surface area contributed by atoms with Gasteiger partial charge < -0.3 is 9.59 Å². The van der Waals surface area contributed by atoms with Crippen LogP contribution in [0, 0.1) is 11.3 Å². The molecule has 0 aliphatic heterocycles. The fourth-order valence-electron chi connectivity index (χ4n) is 0.802. The summed E-state index contributed by atoms with van der Waals surface area (Å²) >= 11 is 0. The number of nitriles is 1. The van der Waals surface area contributed by atoms with E-state index in [9.17, 15) is 0 Å². The van der Waals surface area contributed by atoms with Gasteiger partial charge in [0.1, 0.15) is 12.6 Å². The largest absolute Gasteiger partial charge is 0.386 e. The second-order valence-electron chi connectivity index (χ2n) is 3.49. The van der Waals surface area contributed by atoms with E-state index in [1.165, 1.54) is 0 Å². The molecule has 58 valence electrons. The van der Waals surface area contributed by atoms with E-state index in [2.05, 4.69) is 0 Å².